The highest BCUT2D eigenvalue weighted by Crippen LogP contribution is 2.17. The molecule has 0 fully saturated rings. The molecule has 0 saturated carbocycles. The van der Waals surface area contributed by atoms with E-state index in [0.29, 0.717) is 23.3 Å². The quantitative estimate of drug-likeness (QED) is 0.575. The van der Waals surface area contributed by atoms with E-state index in [0.717, 1.165) is 5.39 Å². The van der Waals surface area contributed by atoms with Crippen LogP contribution in [0.1, 0.15) is 10.4 Å². The Labute approximate surface area is 138 Å². The Hall–Kier alpha value is -3.15. The predicted molar refractivity (Wildman–Crippen MR) is 92.2 cm³/mol. The molecule has 3 rings (SSSR count). The van der Waals surface area contributed by atoms with Crippen molar-refractivity contribution in [2.24, 2.45) is 7.05 Å². The molecule has 122 valence electrons. The average Bonchev–Trinajstić information content (AvgIpc) is 2.63. The monoisotopic (exact) mass is 323 g/mol. The molecule has 0 aliphatic rings. The molecule has 0 amide bonds. The average molecular weight is 323 g/mol. The van der Waals surface area contributed by atoms with Crippen molar-refractivity contribution < 1.29 is 9.53 Å². The van der Waals surface area contributed by atoms with Gasteiger partial charge in [-0.05, 0) is 18.2 Å². The maximum Gasteiger partial charge on any atom is 0.338 e. The zero-order chi connectivity index (χ0) is 16.9. The van der Waals surface area contributed by atoms with Gasteiger partial charge in [0.1, 0.15) is 6.61 Å². The van der Waals surface area contributed by atoms with Gasteiger partial charge in [-0.15, -0.1) is 0 Å². The van der Waals surface area contributed by atoms with E-state index in [1.165, 1.54) is 4.68 Å². The lowest BCUT2D eigenvalue weighted by atomic mass is 10.2. The second-order valence-corrected chi connectivity index (χ2v) is 5.25. The van der Waals surface area contributed by atoms with Crippen molar-refractivity contribution in [3.63, 3.8) is 0 Å². The normalized spacial score (nSPS) is 10.5. The fourth-order valence-electron chi connectivity index (χ4n) is 2.40. The van der Waals surface area contributed by atoms with Crippen molar-refractivity contribution in [2.45, 2.75) is 0 Å². The van der Waals surface area contributed by atoms with Gasteiger partial charge in [0, 0.05) is 12.4 Å². The van der Waals surface area contributed by atoms with Crippen LogP contribution in [0.3, 0.4) is 0 Å². The van der Waals surface area contributed by atoms with Crippen molar-refractivity contribution in [3.8, 4) is 0 Å². The van der Waals surface area contributed by atoms with Gasteiger partial charge in [-0.3, -0.25) is 4.79 Å². The molecule has 1 heterocycles. The number of rotatable bonds is 5. The summed E-state index contributed by atoms with van der Waals surface area (Å²) in [6.07, 6.45) is 0. The van der Waals surface area contributed by atoms with Crippen molar-refractivity contribution in [1.29, 1.82) is 0 Å². The summed E-state index contributed by atoms with van der Waals surface area (Å²) in [6, 6.07) is 16.1. The number of esters is 1. The van der Waals surface area contributed by atoms with Crippen molar-refractivity contribution >= 4 is 22.6 Å². The highest BCUT2D eigenvalue weighted by molar-refractivity contribution is 5.91. The number of carbonyl (C=O) groups excluding carboxylic acids is 1. The first-order valence-corrected chi connectivity index (χ1v) is 7.59. The molecule has 0 saturated heterocycles. The second-order valence-electron chi connectivity index (χ2n) is 5.25. The third kappa shape index (κ3) is 3.27. The summed E-state index contributed by atoms with van der Waals surface area (Å²) in [7, 11) is 1.61. The molecule has 0 aliphatic carbocycles. The van der Waals surface area contributed by atoms with E-state index in [-0.39, 0.29) is 18.1 Å². The van der Waals surface area contributed by atoms with Gasteiger partial charge >= 0.3 is 5.97 Å². The Kier molecular flexibility index (Phi) is 4.56. The summed E-state index contributed by atoms with van der Waals surface area (Å²) in [5.41, 5.74) is 0.370. The summed E-state index contributed by atoms with van der Waals surface area (Å²) >= 11 is 0. The Bertz CT molecular complexity index is 920. The lowest BCUT2D eigenvalue weighted by Crippen LogP contribution is -2.22. The van der Waals surface area contributed by atoms with Gasteiger partial charge in [-0.2, -0.15) is 5.10 Å². The molecule has 0 atom stereocenters. The number of aromatic nitrogens is 2. The first-order chi connectivity index (χ1) is 11.7. The SMILES string of the molecule is Cn1nc(NCCOC(=O)c2ccccc2)c2ccccc2c1=O. The number of ether oxygens (including phenoxy) is 1. The first-order valence-electron chi connectivity index (χ1n) is 7.59. The molecule has 0 spiro atoms. The van der Waals surface area contributed by atoms with Crippen LogP contribution >= 0.6 is 0 Å². The fourth-order valence-corrected chi connectivity index (χ4v) is 2.40. The minimum atomic E-state index is -0.365. The number of anilines is 1. The van der Waals surface area contributed by atoms with Crippen LogP contribution in [0.5, 0.6) is 0 Å². The largest absolute Gasteiger partial charge is 0.460 e. The van der Waals surface area contributed by atoms with Crippen LogP contribution in [-0.2, 0) is 11.8 Å². The third-order valence-corrected chi connectivity index (χ3v) is 3.59. The van der Waals surface area contributed by atoms with E-state index >= 15 is 0 Å². The number of aryl methyl sites for hydroxylation is 1. The summed E-state index contributed by atoms with van der Waals surface area (Å²) < 4.78 is 6.51. The summed E-state index contributed by atoms with van der Waals surface area (Å²) in [4.78, 5) is 23.9. The zero-order valence-electron chi connectivity index (χ0n) is 13.2. The molecule has 1 N–H and O–H groups in total. The van der Waals surface area contributed by atoms with Crippen LogP contribution in [0, 0.1) is 0 Å². The summed E-state index contributed by atoms with van der Waals surface area (Å²) in [5.74, 6) is 0.221. The first kappa shape index (κ1) is 15.7. The zero-order valence-corrected chi connectivity index (χ0v) is 13.2. The number of fused-ring (bicyclic) bond motifs is 1. The predicted octanol–water partition coefficient (Wildman–Crippen LogP) is 2.20. The lowest BCUT2D eigenvalue weighted by Gasteiger charge is -2.10. The van der Waals surface area contributed by atoms with E-state index in [1.807, 2.05) is 24.3 Å². The Morgan fingerprint density at radius 3 is 2.50 bits per heavy atom. The molecule has 24 heavy (non-hydrogen) atoms. The summed E-state index contributed by atoms with van der Waals surface area (Å²) in [5, 5.41) is 8.68. The van der Waals surface area contributed by atoms with Crippen LogP contribution < -0.4 is 10.9 Å². The van der Waals surface area contributed by atoms with E-state index < -0.39 is 0 Å². The molecule has 1 aromatic heterocycles. The smallest absolute Gasteiger partial charge is 0.338 e. The minimum absolute atomic E-state index is 0.147. The van der Waals surface area contributed by atoms with E-state index in [4.69, 9.17) is 4.74 Å². The molecule has 0 unspecified atom stereocenters. The maximum absolute atomic E-state index is 12.1. The standard InChI is InChI=1S/C18H17N3O3/c1-21-17(22)15-10-6-5-9-14(15)16(20-21)19-11-12-24-18(23)13-7-3-2-4-8-13/h2-10H,11-12H2,1H3,(H,19,20). The molecule has 6 heteroatoms. The number of carbonyl (C=O) groups is 1. The van der Waals surface area contributed by atoms with Gasteiger partial charge in [0.15, 0.2) is 5.82 Å². The topological polar surface area (TPSA) is 73.2 Å². The number of hydrogen-bond acceptors (Lipinski definition) is 5. The van der Waals surface area contributed by atoms with E-state index in [1.54, 1.807) is 37.4 Å². The van der Waals surface area contributed by atoms with E-state index in [2.05, 4.69) is 10.4 Å². The third-order valence-electron chi connectivity index (χ3n) is 3.59. The highest BCUT2D eigenvalue weighted by atomic mass is 16.5. The van der Waals surface area contributed by atoms with Crippen LogP contribution in [0.2, 0.25) is 0 Å². The van der Waals surface area contributed by atoms with Gasteiger partial charge in [-0.1, -0.05) is 36.4 Å². The fraction of sp³-hybridized carbons (Fsp3) is 0.167. The second kappa shape index (κ2) is 6.95. The maximum atomic E-state index is 12.1. The Morgan fingerprint density at radius 2 is 1.75 bits per heavy atom. The number of hydrogen-bond donors (Lipinski definition) is 1. The van der Waals surface area contributed by atoms with Gasteiger partial charge in [0.2, 0.25) is 0 Å². The molecule has 6 nitrogen and oxygen atoms in total. The number of nitrogens with zero attached hydrogens (tertiary/aromatic N) is 2. The molecule has 0 radical (unpaired) electrons. The van der Waals surface area contributed by atoms with Crippen LogP contribution in [-0.4, -0.2) is 28.9 Å². The van der Waals surface area contributed by atoms with Gasteiger partial charge in [0.25, 0.3) is 5.56 Å². The number of nitrogens with one attached hydrogen (secondary N) is 1. The molecule has 0 aliphatic heterocycles. The van der Waals surface area contributed by atoms with Crippen LogP contribution in [0.15, 0.2) is 59.4 Å². The Balaban J connectivity index is 1.65. The van der Waals surface area contributed by atoms with Crippen molar-refractivity contribution in [1.82, 2.24) is 9.78 Å². The molecular formula is C18H17N3O3. The van der Waals surface area contributed by atoms with E-state index in [9.17, 15) is 9.59 Å². The lowest BCUT2D eigenvalue weighted by molar-refractivity contribution is 0.0520. The molecule has 3 aromatic rings. The van der Waals surface area contributed by atoms with Gasteiger partial charge in [-0.25, -0.2) is 9.48 Å². The van der Waals surface area contributed by atoms with Crippen LogP contribution in [0.25, 0.3) is 10.8 Å². The minimum Gasteiger partial charge on any atom is -0.460 e. The highest BCUT2D eigenvalue weighted by Gasteiger charge is 2.09. The van der Waals surface area contributed by atoms with Crippen molar-refractivity contribution in [2.75, 3.05) is 18.5 Å². The van der Waals surface area contributed by atoms with Gasteiger partial charge < -0.3 is 10.1 Å². The molecule has 2 aromatic carbocycles. The van der Waals surface area contributed by atoms with Gasteiger partial charge in [0.05, 0.1) is 17.5 Å². The molecule has 0 bridgehead atoms. The van der Waals surface area contributed by atoms with Crippen molar-refractivity contribution in [3.05, 3.63) is 70.5 Å². The van der Waals surface area contributed by atoms with Crippen LogP contribution in [0.4, 0.5) is 5.82 Å². The molecular weight excluding hydrogens is 306 g/mol. The summed E-state index contributed by atoms with van der Waals surface area (Å²) in [6.45, 7) is 0.598. The Morgan fingerprint density at radius 1 is 1.08 bits per heavy atom. The number of benzene rings is 2.